The Morgan fingerprint density at radius 2 is 1.57 bits per heavy atom. The number of halogens is 1. The van der Waals surface area contributed by atoms with Gasteiger partial charge < -0.3 is 5.73 Å². The van der Waals surface area contributed by atoms with Gasteiger partial charge in [-0.1, -0.05) is 35.5 Å². The average molecular weight is 322 g/mol. The van der Waals surface area contributed by atoms with E-state index >= 15 is 0 Å². The van der Waals surface area contributed by atoms with Gasteiger partial charge in [-0.25, -0.2) is 9.97 Å². The molecule has 0 bridgehead atoms. The molecule has 0 saturated carbocycles. The molecule has 2 aromatic rings. The van der Waals surface area contributed by atoms with Gasteiger partial charge in [-0.05, 0) is 51.0 Å². The minimum atomic E-state index is -0.0123. The lowest BCUT2D eigenvalue weighted by Crippen LogP contribution is -2.23. The normalized spacial score (nSPS) is 14.0. The van der Waals surface area contributed by atoms with Gasteiger partial charge in [0.05, 0.1) is 5.25 Å². The third-order valence-corrected chi connectivity index (χ3v) is 5.12. The van der Waals surface area contributed by atoms with Crippen molar-refractivity contribution in [2.24, 2.45) is 5.73 Å². The Balaban J connectivity index is 2.30. The van der Waals surface area contributed by atoms with Crippen molar-refractivity contribution in [1.29, 1.82) is 0 Å². The van der Waals surface area contributed by atoms with E-state index < -0.39 is 0 Å². The first kappa shape index (κ1) is 16.3. The van der Waals surface area contributed by atoms with Crippen LogP contribution in [0, 0.1) is 20.8 Å². The molecule has 112 valence electrons. The lowest BCUT2D eigenvalue weighted by Gasteiger charge is -2.20. The number of aromatic nitrogens is 2. The van der Waals surface area contributed by atoms with Crippen LogP contribution in [0.4, 0.5) is 0 Å². The van der Waals surface area contributed by atoms with Crippen LogP contribution < -0.4 is 5.73 Å². The molecular weight excluding hydrogens is 302 g/mol. The summed E-state index contributed by atoms with van der Waals surface area (Å²) in [5, 5.41) is 1.60. The molecule has 0 amide bonds. The summed E-state index contributed by atoms with van der Waals surface area (Å²) in [5.41, 5.74) is 10.5. The number of benzene rings is 1. The fourth-order valence-electron chi connectivity index (χ4n) is 2.04. The van der Waals surface area contributed by atoms with Crippen molar-refractivity contribution in [2.45, 2.75) is 44.1 Å². The predicted octanol–water partition coefficient (Wildman–Crippen LogP) is 4.24. The maximum absolute atomic E-state index is 6.15. The molecule has 0 saturated heterocycles. The van der Waals surface area contributed by atoms with Crippen LogP contribution in [0.1, 0.15) is 34.7 Å². The zero-order chi connectivity index (χ0) is 15.6. The van der Waals surface area contributed by atoms with E-state index in [-0.39, 0.29) is 11.3 Å². The number of hydrogen-bond acceptors (Lipinski definition) is 4. The van der Waals surface area contributed by atoms with Crippen LogP contribution in [-0.4, -0.2) is 16.0 Å². The second-order valence-corrected chi connectivity index (χ2v) is 6.80. The van der Waals surface area contributed by atoms with Gasteiger partial charge in [-0.3, -0.25) is 0 Å². The highest BCUT2D eigenvalue weighted by molar-refractivity contribution is 7.99. The van der Waals surface area contributed by atoms with Crippen molar-refractivity contribution in [1.82, 2.24) is 9.97 Å². The van der Waals surface area contributed by atoms with E-state index in [2.05, 4.69) is 9.97 Å². The lowest BCUT2D eigenvalue weighted by molar-refractivity contribution is 0.716. The zero-order valence-corrected chi connectivity index (χ0v) is 14.3. The van der Waals surface area contributed by atoms with Gasteiger partial charge in [0.15, 0.2) is 5.16 Å². The van der Waals surface area contributed by atoms with Crippen LogP contribution in [0.25, 0.3) is 0 Å². The molecule has 0 spiro atoms. The third-order valence-electron chi connectivity index (χ3n) is 3.52. The minimum absolute atomic E-state index is 0.0123. The summed E-state index contributed by atoms with van der Waals surface area (Å²) in [6, 6.07) is 7.79. The van der Waals surface area contributed by atoms with Crippen molar-refractivity contribution >= 4 is 23.4 Å². The molecule has 1 aromatic heterocycles. The second-order valence-electron chi connectivity index (χ2n) is 5.25. The van der Waals surface area contributed by atoms with Crippen LogP contribution in [0.2, 0.25) is 5.02 Å². The molecule has 0 aliphatic rings. The van der Waals surface area contributed by atoms with E-state index in [9.17, 15) is 0 Å². The van der Waals surface area contributed by atoms with Gasteiger partial charge in [-0.15, -0.1) is 0 Å². The van der Waals surface area contributed by atoms with Crippen LogP contribution in [0.15, 0.2) is 29.4 Å². The van der Waals surface area contributed by atoms with E-state index in [1.54, 1.807) is 11.8 Å². The van der Waals surface area contributed by atoms with Gasteiger partial charge in [0.2, 0.25) is 0 Å². The summed E-state index contributed by atoms with van der Waals surface area (Å²) in [6.45, 7) is 8.07. The molecule has 0 fully saturated rings. The summed E-state index contributed by atoms with van der Waals surface area (Å²) >= 11 is 7.55. The monoisotopic (exact) mass is 321 g/mol. The van der Waals surface area contributed by atoms with E-state index in [4.69, 9.17) is 17.3 Å². The smallest absolute Gasteiger partial charge is 0.188 e. The highest BCUT2D eigenvalue weighted by Gasteiger charge is 2.20. The van der Waals surface area contributed by atoms with Crippen molar-refractivity contribution in [2.75, 3.05) is 0 Å². The number of aryl methyl sites for hydroxylation is 2. The molecule has 0 aliphatic heterocycles. The van der Waals surface area contributed by atoms with Gasteiger partial charge in [0.25, 0.3) is 0 Å². The van der Waals surface area contributed by atoms with Crippen LogP contribution in [0.3, 0.4) is 0 Å². The largest absolute Gasteiger partial charge is 0.327 e. The van der Waals surface area contributed by atoms with E-state index in [0.717, 1.165) is 32.7 Å². The Bertz CT molecular complexity index is 603. The maximum atomic E-state index is 6.15. The van der Waals surface area contributed by atoms with E-state index in [1.807, 2.05) is 52.0 Å². The number of thioether (sulfide) groups is 1. The van der Waals surface area contributed by atoms with Gasteiger partial charge in [-0.2, -0.15) is 0 Å². The summed E-state index contributed by atoms with van der Waals surface area (Å²) in [4.78, 5) is 9.14. The lowest BCUT2D eigenvalue weighted by atomic mass is 10.1. The standard InChI is InChI=1S/C16H20ClN3S/c1-9-11(3)19-16(20-12(9)4)21-15(10(2)18)13-5-7-14(17)8-6-13/h5-8,10,15H,18H2,1-4H3. The Morgan fingerprint density at radius 3 is 2.05 bits per heavy atom. The minimum Gasteiger partial charge on any atom is -0.327 e. The first-order chi connectivity index (χ1) is 9.88. The van der Waals surface area contributed by atoms with Crippen LogP contribution in [0.5, 0.6) is 0 Å². The van der Waals surface area contributed by atoms with Gasteiger partial charge in [0, 0.05) is 22.5 Å². The van der Waals surface area contributed by atoms with Crippen molar-refractivity contribution in [3.63, 3.8) is 0 Å². The summed E-state index contributed by atoms with van der Waals surface area (Å²) in [7, 11) is 0. The first-order valence-electron chi connectivity index (χ1n) is 6.88. The van der Waals surface area contributed by atoms with Crippen LogP contribution in [-0.2, 0) is 0 Å². The third kappa shape index (κ3) is 3.96. The topological polar surface area (TPSA) is 51.8 Å². The quantitative estimate of drug-likeness (QED) is 0.676. The molecule has 21 heavy (non-hydrogen) atoms. The fourth-order valence-corrected chi connectivity index (χ4v) is 3.28. The molecule has 1 aromatic carbocycles. The fraction of sp³-hybridized carbons (Fsp3) is 0.375. The Morgan fingerprint density at radius 1 is 1.05 bits per heavy atom. The van der Waals surface area contributed by atoms with Crippen molar-refractivity contribution < 1.29 is 0 Å². The zero-order valence-electron chi connectivity index (χ0n) is 12.7. The molecule has 0 aliphatic carbocycles. The van der Waals surface area contributed by atoms with Crippen molar-refractivity contribution in [3.05, 3.63) is 51.8 Å². The molecule has 1 heterocycles. The highest BCUT2D eigenvalue weighted by atomic mass is 35.5. The SMILES string of the molecule is Cc1nc(SC(c2ccc(Cl)cc2)C(C)N)nc(C)c1C. The molecule has 2 atom stereocenters. The molecule has 3 nitrogen and oxygen atoms in total. The van der Waals surface area contributed by atoms with Crippen molar-refractivity contribution in [3.8, 4) is 0 Å². The molecular formula is C16H20ClN3S. The molecule has 2 unspecified atom stereocenters. The van der Waals surface area contributed by atoms with Gasteiger partial charge >= 0.3 is 0 Å². The molecule has 2 N–H and O–H groups in total. The summed E-state index contributed by atoms with van der Waals surface area (Å²) in [6.07, 6.45) is 0. The number of hydrogen-bond donors (Lipinski definition) is 1. The van der Waals surface area contributed by atoms with E-state index in [0.29, 0.717) is 0 Å². The van der Waals surface area contributed by atoms with E-state index in [1.165, 1.54) is 0 Å². The molecule has 2 rings (SSSR count). The molecule has 5 heteroatoms. The Hall–Kier alpha value is -1.10. The van der Waals surface area contributed by atoms with Gasteiger partial charge in [0.1, 0.15) is 0 Å². The summed E-state index contributed by atoms with van der Waals surface area (Å²) in [5.74, 6) is 0. The second kappa shape index (κ2) is 6.77. The molecule has 0 radical (unpaired) electrons. The first-order valence-corrected chi connectivity index (χ1v) is 8.13. The van der Waals surface area contributed by atoms with Crippen LogP contribution >= 0.6 is 23.4 Å². The number of nitrogens with zero attached hydrogens (tertiary/aromatic N) is 2. The summed E-state index contributed by atoms with van der Waals surface area (Å²) < 4.78 is 0. The average Bonchev–Trinajstić information content (AvgIpc) is 2.43. The number of nitrogens with two attached hydrogens (primary N) is 1. The Kier molecular flexibility index (Phi) is 5.25. The maximum Gasteiger partial charge on any atom is 0.188 e. The highest BCUT2D eigenvalue weighted by Crippen LogP contribution is 2.36. The predicted molar refractivity (Wildman–Crippen MR) is 89.9 cm³/mol. The number of rotatable bonds is 4. The Labute approximate surface area is 135 Å².